The maximum absolute atomic E-state index is 12.0. The maximum atomic E-state index is 12.0. The normalized spacial score (nSPS) is 10.1. The van der Waals surface area contributed by atoms with Gasteiger partial charge in [-0.2, -0.15) is 0 Å². The Morgan fingerprint density at radius 2 is 1.88 bits per heavy atom. The van der Waals surface area contributed by atoms with Crippen molar-refractivity contribution in [3.63, 3.8) is 0 Å². The molecular weight excluding hydrogens is 420 g/mol. The van der Waals surface area contributed by atoms with Crippen LogP contribution in [0.2, 0.25) is 0 Å². The molecule has 26 heavy (non-hydrogen) atoms. The molecule has 0 unspecified atom stereocenters. The van der Waals surface area contributed by atoms with Gasteiger partial charge in [0.1, 0.15) is 5.75 Å². The number of ether oxygens (including phenoxy) is 1. The Morgan fingerprint density at radius 3 is 2.54 bits per heavy atom. The van der Waals surface area contributed by atoms with Crippen molar-refractivity contribution in [2.24, 2.45) is 0 Å². The summed E-state index contributed by atoms with van der Waals surface area (Å²) < 4.78 is 6.06. The van der Waals surface area contributed by atoms with Gasteiger partial charge in [-0.15, -0.1) is 0 Å². The summed E-state index contributed by atoms with van der Waals surface area (Å²) in [4.78, 5) is 23.2. The third kappa shape index (κ3) is 5.53. The van der Waals surface area contributed by atoms with Crippen molar-refractivity contribution in [2.45, 2.75) is 13.8 Å². The Morgan fingerprint density at radius 1 is 1.15 bits per heavy atom. The Hall–Kier alpha value is -2.45. The summed E-state index contributed by atoms with van der Waals surface area (Å²) in [6.07, 6.45) is 0. The van der Waals surface area contributed by atoms with Crippen LogP contribution < -0.4 is 15.4 Å². The van der Waals surface area contributed by atoms with Crippen LogP contribution in [-0.2, 0) is 4.79 Å². The van der Waals surface area contributed by atoms with E-state index >= 15 is 0 Å². The average molecular weight is 437 g/mol. The van der Waals surface area contributed by atoms with Crippen molar-refractivity contribution in [2.75, 3.05) is 11.9 Å². The highest BCUT2D eigenvalue weighted by atomic mass is 79.9. The van der Waals surface area contributed by atoms with Crippen LogP contribution in [0.15, 0.2) is 40.9 Å². The molecule has 0 heterocycles. The number of hydrogen-bond acceptors (Lipinski definition) is 4. The van der Waals surface area contributed by atoms with Gasteiger partial charge in [-0.1, -0.05) is 22.0 Å². The lowest BCUT2D eigenvalue weighted by molar-refractivity contribution is -0.121. The summed E-state index contributed by atoms with van der Waals surface area (Å²) in [5, 5.41) is 14.4. The van der Waals surface area contributed by atoms with Gasteiger partial charge in [0.15, 0.2) is 11.7 Å². The molecule has 0 spiro atoms. The van der Waals surface area contributed by atoms with Gasteiger partial charge in [0.05, 0.1) is 11.3 Å². The molecule has 1 amide bonds. The van der Waals surface area contributed by atoms with E-state index in [1.807, 2.05) is 26.0 Å². The molecule has 6 nitrogen and oxygen atoms in total. The van der Waals surface area contributed by atoms with E-state index in [1.165, 1.54) is 6.07 Å². The molecule has 136 valence electrons. The molecule has 8 heteroatoms. The number of halogens is 1. The molecule has 2 aromatic rings. The van der Waals surface area contributed by atoms with Crippen LogP contribution in [0.3, 0.4) is 0 Å². The first-order valence-electron chi connectivity index (χ1n) is 7.60. The zero-order valence-corrected chi connectivity index (χ0v) is 16.5. The van der Waals surface area contributed by atoms with Crippen LogP contribution in [0.25, 0.3) is 0 Å². The molecule has 0 atom stereocenters. The molecule has 3 N–H and O–H groups in total. The molecule has 2 aromatic carbocycles. The smallest absolute Gasteiger partial charge is 0.337 e. The lowest BCUT2D eigenvalue weighted by Gasteiger charge is -2.13. The fourth-order valence-corrected chi connectivity index (χ4v) is 2.66. The predicted molar refractivity (Wildman–Crippen MR) is 107 cm³/mol. The Bertz CT molecular complexity index is 870. The number of aromatic carboxylic acids is 1. The van der Waals surface area contributed by atoms with Crippen LogP contribution in [-0.4, -0.2) is 28.7 Å². The molecule has 0 aromatic heterocycles. The van der Waals surface area contributed by atoms with E-state index in [0.29, 0.717) is 10.2 Å². The molecule has 0 bridgehead atoms. The minimum Gasteiger partial charge on any atom is -0.484 e. The number of rotatable bonds is 5. The molecule has 0 aliphatic heterocycles. The second kappa shape index (κ2) is 8.77. The van der Waals surface area contributed by atoms with E-state index in [9.17, 15) is 14.7 Å². The second-order valence-corrected chi connectivity index (χ2v) is 6.86. The predicted octanol–water partition coefficient (Wildman–Crippen LogP) is 3.66. The van der Waals surface area contributed by atoms with E-state index in [1.54, 1.807) is 18.2 Å². The quantitative estimate of drug-likeness (QED) is 0.619. The monoisotopic (exact) mass is 436 g/mol. The lowest BCUT2D eigenvalue weighted by Crippen LogP contribution is -2.37. The van der Waals surface area contributed by atoms with Crippen molar-refractivity contribution in [3.8, 4) is 5.75 Å². The number of carbonyl (C=O) groups is 2. The summed E-state index contributed by atoms with van der Waals surface area (Å²) in [5.41, 5.74) is 2.51. The zero-order chi connectivity index (χ0) is 19.3. The fraction of sp³-hybridized carbons (Fsp3) is 0.167. The largest absolute Gasteiger partial charge is 0.484 e. The van der Waals surface area contributed by atoms with Gasteiger partial charge in [-0.05, 0) is 67.5 Å². The summed E-state index contributed by atoms with van der Waals surface area (Å²) in [5.74, 6) is -0.973. The van der Waals surface area contributed by atoms with Crippen molar-refractivity contribution < 1.29 is 19.4 Å². The topological polar surface area (TPSA) is 87.7 Å². The molecule has 2 rings (SSSR count). The molecule has 0 aliphatic rings. The van der Waals surface area contributed by atoms with Crippen LogP contribution in [0, 0.1) is 13.8 Å². The van der Waals surface area contributed by atoms with Gasteiger partial charge < -0.3 is 15.2 Å². The summed E-state index contributed by atoms with van der Waals surface area (Å²) in [6, 6.07) is 10.2. The van der Waals surface area contributed by atoms with Crippen LogP contribution in [0.1, 0.15) is 21.5 Å². The molecule has 0 saturated heterocycles. The Balaban J connectivity index is 1.92. The lowest BCUT2D eigenvalue weighted by atomic mass is 10.1. The number of aryl methyl sites for hydroxylation is 2. The molecule has 0 radical (unpaired) electrons. The van der Waals surface area contributed by atoms with E-state index in [0.717, 1.165) is 11.1 Å². The number of anilines is 1. The first-order chi connectivity index (χ1) is 12.3. The van der Waals surface area contributed by atoms with Gasteiger partial charge >= 0.3 is 5.97 Å². The number of hydrogen-bond donors (Lipinski definition) is 3. The van der Waals surface area contributed by atoms with Gasteiger partial charge in [0.2, 0.25) is 0 Å². The van der Waals surface area contributed by atoms with Crippen molar-refractivity contribution >= 4 is 50.8 Å². The molecule has 0 fully saturated rings. The summed E-state index contributed by atoms with van der Waals surface area (Å²) >= 11 is 8.27. The summed E-state index contributed by atoms with van der Waals surface area (Å²) in [6.45, 7) is 3.74. The number of nitrogens with one attached hydrogen (secondary N) is 2. The third-order valence-corrected chi connectivity index (χ3v) is 4.26. The zero-order valence-electron chi connectivity index (χ0n) is 14.1. The van der Waals surface area contributed by atoms with Crippen molar-refractivity contribution in [1.82, 2.24) is 5.32 Å². The van der Waals surface area contributed by atoms with E-state index in [-0.39, 0.29) is 23.0 Å². The van der Waals surface area contributed by atoms with Gasteiger partial charge in [0, 0.05) is 4.47 Å². The third-order valence-electron chi connectivity index (χ3n) is 3.56. The minimum absolute atomic E-state index is 0.0106. The number of thiocarbonyl (C=S) groups is 1. The van der Waals surface area contributed by atoms with Crippen molar-refractivity contribution in [3.05, 3.63) is 57.6 Å². The van der Waals surface area contributed by atoms with Crippen LogP contribution in [0.5, 0.6) is 5.75 Å². The maximum Gasteiger partial charge on any atom is 0.337 e. The number of carboxylic acid groups (broad SMARTS) is 1. The molecule has 0 saturated carbocycles. The number of amides is 1. The Kier molecular flexibility index (Phi) is 6.70. The van der Waals surface area contributed by atoms with Crippen LogP contribution >= 0.6 is 28.1 Å². The van der Waals surface area contributed by atoms with E-state index in [2.05, 4.69) is 26.6 Å². The van der Waals surface area contributed by atoms with Gasteiger partial charge in [-0.25, -0.2) is 4.79 Å². The average Bonchev–Trinajstić information content (AvgIpc) is 2.57. The molecule has 0 aliphatic carbocycles. The van der Waals surface area contributed by atoms with Crippen molar-refractivity contribution in [1.29, 1.82) is 0 Å². The first-order valence-corrected chi connectivity index (χ1v) is 8.80. The minimum atomic E-state index is -1.11. The highest BCUT2D eigenvalue weighted by Gasteiger charge is 2.13. The number of benzene rings is 2. The fourth-order valence-electron chi connectivity index (χ4n) is 2.07. The number of carbonyl (C=O) groups excluding carboxylic acids is 1. The molecular formula is C18H17BrN2O4S. The van der Waals surface area contributed by atoms with E-state index in [4.69, 9.17) is 17.0 Å². The SMILES string of the molecule is Cc1ccc(OCC(=O)NC(=S)Nc2ccc(Br)cc2C(=O)O)cc1C. The highest BCUT2D eigenvalue weighted by Crippen LogP contribution is 2.21. The van der Waals surface area contributed by atoms with E-state index < -0.39 is 11.9 Å². The summed E-state index contributed by atoms with van der Waals surface area (Å²) in [7, 11) is 0. The van der Waals surface area contributed by atoms with Crippen LogP contribution in [0.4, 0.5) is 5.69 Å². The first kappa shape index (κ1) is 19.9. The second-order valence-electron chi connectivity index (χ2n) is 5.53. The highest BCUT2D eigenvalue weighted by molar-refractivity contribution is 9.10. The standard InChI is InChI=1S/C18H17BrN2O4S/c1-10-3-5-13(7-11(10)2)25-9-16(22)21-18(26)20-15-6-4-12(19)8-14(15)17(23)24/h3-8H,9H2,1-2H3,(H,23,24)(H2,20,21,22,26). The van der Waals surface area contributed by atoms with Gasteiger partial charge in [-0.3, -0.25) is 10.1 Å². The Labute approximate surface area is 164 Å². The number of carboxylic acids is 1. The van der Waals surface area contributed by atoms with Gasteiger partial charge in [0.25, 0.3) is 5.91 Å².